The zero-order valence-electron chi connectivity index (χ0n) is 11.1. The van der Waals surface area contributed by atoms with Gasteiger partial charge in [0.25, 0.3) is 5.91 Å². The molecule has 104 valence electrons. The summed E-state index contributed by atoms with van der Waals surface area (Å²) in [5.74, 6) is -0.892. The summed E-state index contributed by atoms with van der Waals surface area (Å²) in [6.45, 7) is 1.96. The van der Waals surface area contributed by atoms with Crippen LogP contribution in [0.15, 0.2) is 41.8 Å². The van der Waals surface area contributed by atoms with Gasteiger partial charge in [0.15, 0.2) is 0 Å². The number of carbonyl (C=O) groups excluding carboxylic acids is 2. The first-order valence-electron chi connectivity index (χ1n) is 6.36. The third kappa shape index (κ3) is 3.05. The highest BCUT2D eigenvalue weighted by Crippen LogP contribution is 2.26. The van der Waals surface area contributed by atoms with Crippen molar-refractivity contribution in [2.45, 2.75) is 19.3 Å². The molecular weight excluding hydrogens is 272 g/mol. The van der Waals surface area contributed by atoms with E-state index in [4.69, 9.17) is 5.73 Å². The number of nitrogens with two attached hydrogens (primary N) is 1. The summed E-state index contributed by atoms with van der Waals surface area (Å²) in [6, 6.07) is 11.2. The number of amides is 2. The zero-order chi connectivity index (χ0) is 14.5. The fourth-order valence-corrected chi connectivity index (χ4v) is 2.85. The number of hydrogen-bond acceptors (Lipinski definition) is 3. The molecule has 3 N–H and O–H groups in total. The Bertz CT molecular complexity index is 607. The van der Waals surface area contributed by atoms with Crippen molar-refractivity contribution in [1.82, 2.24) is 0 Å². The van der Waals surface area contributed by atoms with Crippen LogP contribution < -0.4 is 11.1 Å². The Balaban J connectivity index is 2.18. The second-order valence-corrected chi connectivity index (χ2v) is 5.30. The standard InChI is InChI=1S/C15H16N2O2S/c1-2-11(10-6-4-3-5-7-10)14(19)17-15-12(13(16)18)8-9-20-15/h3-9,11H,2H2,1H3,(H2,16,18)(H,17,19)/t11-/m1/s1. The maximum absolute atomic E-state index is 12.4. The van der Waals surface area contributed by atoms with Crippen LogP contribution in [0.2, 0.25) is 0 Å². The maximum Gasteiger partial charge on any atom is 0.251 e. The van der Waals surface area contributed by atoms with Gasteiger partial charge in [-0.25, -0.2) is 0 Å². The smallest absolute Gasteiger partial charge is 0.251 e. The molecule has 0 aliphatic rings. The number of benzene rings is 1. The van der Waals surface area contributed by atoms with Gasteiger partial charge in [-0.05, 0) is 23.4 Å². The Hall–Kier alpha value is -2.14. The lowest BCUT2D eigenvalue weighted by molar-refractivity contribution is -0.117. The number of thiophene rings is 1. The minimum Gasteiger partial charge on any atom is -0.366 e. The fraction of sp³-hybridized carbons (Fsp3) is 0.200. The van der Waals surface area contributed by atoms with Crippen molar-refractivity contribution in [3.8, 4) is 0 Å². The third-order valence-electron chi connectivity index (χ3n) is 3.09. The second kappa shape index (κ2) is 6.34. The number of anilines is 1. The lowest BCUT2D eigenvalue weighted by Crippen LogP contribution is -2.22. The van der Waals surface area contributed by atoms with Crippen LogP contribution in [0.3, 0.4) is 0 Å². The van der Waals surface area contributed by atoms with E-state index in [1.54, 1.807) is 11.4 Å². The summed E-state index contributed by atoms with van der Waals surface area (Å²) in [5.41, 5.74) is 6.59. The largest absolute Gasteiger partial charge is 0.366 e. The van der Waals surface area contributed by atoms with Crippen molar-refractivity contribution in [3.63, 3.8) is 0 Å². The lowest BCUT2D eigenvalue weighted by Gasteiger charge is -2.15. The van der Waals surface area contributed by atoms with E-state index in [9.17, 15) is 9.59 Å². The minimum absolute atomic E-state index is 0.122. The fourth-order valence-electron chi connectivity index (χ4n) is 2.06. The van der Waals surface area contributed by atoms with Gasteiger partial charge in [0, 0.05) is 0 Å². The summed E-state index contributed by atoms with van der Waals surface area (Å²) >= 11 is 1.30. The molecule has 0 bridgehead atoms. The Kier molecular flexibility index (Phi) is 4.53. The average molecular weight is 288 g/mol. The number of nitrogens with one attached hydrogen (secondary N) is 1. The van der Waals surface area contributed by atoms with Crippen molar-refractivity contribution < 1.29 is 9.59 Å². The Morgan fingerprint density at radius 1 is 1.25 bits per heavy atom. The zero-order valence-corrected chi connectivity index (χ0v) is 11.9. The summed E-state index contributed by atoms with van der Waals surface area (Å²) < 4.78 is 0. The quantitative estimate of drug-likeness (QED) is 0.887. The van der Waals surface area contributed by atoms with Gasteiger partial charge in [-0.15, -0.1) is 11.3 Å². The molecule has 5 heteroatoms. The van der Waals surface area contributed by atoms with Gasteiger partial charge >= 0.3 is 0 Å². The number of carbonyl (C=O) groups is 2. The molecule has 0 fully saturated rings. The topological polar surface area (TPSA) is 72.2 Å². The monoisotopic (exact) mass is 288 g/mol. The highest BCUT2D eigenvalue weighted by Gasteiger charge is 2.20. The van der Waals surface area contributed by atoms with Crippen molar-refractivity contribution in [2.75, 3.05) is 5.32 Å². The molecule has 4 nitrogen and oxygen atoms in total. The van der Waals surface area contributed by atoms with Gasteiger partial charge in [0.05, 0.1) is 11.5 Å². The van der Waals surface area contributed by atoms with Crippen LogP contribution >= 0.6 is 11.3 Å². The van der Waals surface area contributed by atoms with E-state index in [-0.39, 0.29) is 11.8 Å². The molecule has 0 unspecified atom stereocenters. The first-order chi connectivity index (χ1) is 9.63. The van der Waals surface area contributed by atoms with Gasteiger partial charge in [-0.1, -0.05) is 37.3 Å². The second-order valence-electron chi connectivity index (χ2n) is 4.39. The molecule has 2 rings (SSSR count). The summed E-state index contributed by atoms with van der Waals surface area (Å²) in [5, 5.41) is 5.05. The van der Waals surface area contributed by atoms with E-state index >= 15 is 0 Å². The van der Waals surface area contributed by atoms with Crippen molar-refractivity contribution in [1.29, 1.82) is 0 Å². The van der Waals surface area contributed by atoms with E-state index in [0.29, 0.717) is 17.0 Å². The number of hydrogen-bond donors (Lipinski definition) is 2. The van der Waals surface area contributed by atoms with Crippen molar-refractivity contribution in [3.05, 3.63) is 52.9 Å². The highest BCUT2D eigenvalue weighted by atomic mass is 32.1. The van der Waals surface area contributed by atoms with E-state index in [1.165, 1.54) is 11.3 Å². The summed E-state index contributed by atoms with van der Waals surface area (Å²) in [6.07, 6.45) is 0.688. The van der Waals surface area contributed by atoms with Crippen LogP contribution in [-0.4, -0.2) is 11.8 Å². The maximum atomic E-state index is 12.4. The minimum atomic E-state index is -0.533. The van der Waals surface area contributed by atoms with Crippen LogP contribution in [0.1, 0.15) is 35.2 Å². The average Bonchev–Trinajstić information content (AvgIpc) is 2.89. The molecule has 0 radical (unpaired) electrons. The molecule has 0 saturated heterocycles. The summed E-state index contributed by atoms with van der Waals surface area (Å²) in [4.78, 5) is 23.6. The Morgan fingerprint density at radius 3 is 2.55 bits per heavy atom. The van der Waals surface area contributed by atoms with Crippen molar-refractivity contribution in [2.24, 2.45) is 5.73 Å². The molecular formula is C15H16N2O2S. The van der Waals surface area contributed by atoms with Crippen LogP contribution in [-0.2, 0) is 4.79 Å². The molecule has 0 saturated carbocycles. The molecule has 0 aliphatic heterocycles. The van der Waals surface area contributed by atoms with Crippen LogP contribution in [0.5, 0.6) is 0 Å². The van der Waals surface area contributed by atoms with Gasteiger partial charge in [-0.2, -0.15) is 0 Å². The van der Waals surface area contributed by atoms with Gasteiger partial charge < -0.3 is 11.1 Å². The van der Waals surface area contributed by atoms with Crippen LogP contribution in [0.25, 0.3) is 0 Å². The first kappa shape index (κ1) is 14.3. The molecule has 1 aromatic carbocycles. The van der Waals surface area contributed by atoms with Crippen LogP contribution in [0.4, 0.5) is 5.00 Å². The molecule has 0 spiro atoms. The molecule has 1 atom stereocenters. The van der Waals surface area contributed by atoms with Gasteiger partial charge in [-0.3, -0.25) is 9.59 Å². The molecule has 1 aromatic heterocycles. The third-order valence-corrected chi connectivity index (χ3v) is 3.92. The van der Waals surface area contributed by atoms with Crippen molar-refractivity contribution >= 4 is 28.2 Å². The van der Waals surface area contributed by atoms with E-state index in [2.05, 4.69) is 5.32 Å². The van der Waals surface area contributed by atoms with Crippen LogP contribution in [0, 0.1) is 0 Å². The SMILES string of the molecule is CC[C@@H](C(=O)Nc1sccc1C(N)=O)c1ccccc1. The Morgan fingerprint density at radius 2 is 1.95 bits per heavy atom. The number of primary amides is 1. The molecule has 2 aromatic rings. The van der Waals surface area contributed by atoms with E-state index < -0.39 is 5.91 Å². The predicted octanol–water partition coefficient (Wildman–Crippen LogP) is 2.98. The lowest BCUT2D eigenvalue weighted by atomic mass is 9.96. The van der Waals surface area contributed by atoms with E-state index in [1.807, 2.05) is 37.3 Å². The highest BCUT2D eigenvalue weighted by molar-refractivity contribution is 7.14. The molecule has 1 heterocycles. The molecule has 2 amide bonds. The van der Waals surface area contributed by atoms with Gasteiger partial charge in [0.1, 0.15) is 5.00 Å². The molecule has 0 aliphatic carbocycles. The summed E-state index contributed by atoms with van der Waals surface area (Å²) in [7, 11) is 0. The Labute approximate surface area is 121 Å². The predicted molar refractivity (Wildman–Crippen MR) is 80.9 cm³/mol. The first-order valence-corrected chi connectivity index (χ1v) is 7.24. The van der Waals surface area contributed by atoms with E-state index in [0.717, 1.165) is 5.56 Å². The van der Waals surface area contributed by atoms with Gasteiger partial charge in [0.2, 0.25) is 5.91 Å². The number of rotatable bonds is 5. The molecule has 20 heavy (non-hydrogen) atoms. The normalized spacial score (nSPS) is 11.8.